The molecule has 78 valence electrons. The third kappa shape index (κ3) is 3.39. The summed E-state index contributed by atoms with van der Waals surface area (Å²) >= 11 is 3.19. The van der Waals surface area contributed by atoms with E-state index < -0.39 is 0 Å². The van der Waals surface area contributed by atoms with E-state index in [-0.39, 0.29) is 11.4 Å². The van der Waals surface area contributed by atoms with Crippen LogP contribution in [0, 0.1) is 5.82 Å². The number of ether oxygens (including phenoxy) is 1. The average Bonchev–Trinajstić information content (AvgIpc) is 2.06. The lowest BCUT2D eigenvalue weighted by molar-refractivity contribution is -0.0153. The zero-order valence-corrected chi connectivity index (χ0v) is 10.2. The summed E-state index contributed by atoms with van der Waals surface area (Å²) in [7, 11) is 0. The molecular formula is C11H14BrFO. The van der Waals surface area contributed by atoms with Crippen LogP contribution in [-0.2, 0) is 11.3 Å². The van der Waals surface area contributed by atoms with E-state index in [1.807, 2.05) is 26.8 Å². The predicted molar refractivity (Wildman–Crippen MR) is 58.6 cm³/mol. The molecule has 1 aromatic carbocycles. The number of rotatable bonds is 2. The standard InChI is InChI=1S/C11H14BrFO/c1-11(2,3)14-7-8-5-4-6-9(13)10(8)12/h4-6H,7H2,1-3H3. The lowest BCUT2D eigenvalue weighted by Gasteiger charge is -2.20. The third-order valence-corrected chi connectivity index (χ3v) is 2.58. The van der Waals surface area contributed by atoms with Gasteiger partial charge in [-0.05, 0) is 48.3 Å². The molecule has 1 nitrogen and oxygen atoms in total. The summed E-state index contributed by atoms with van der Waals surface area (Å²) in [5.74, 6) is -0.250. The number of halogens is 2. The van der Waals surface area contributed by atoms with E-state index in [9.17, 15) is 4.39 Å². The number of benzene rings is 1. The Hall–Kier alpha value is -0.410. The first-order valence-corrected chi connectivity index (χ1v) is 5.26. The zero-order valence-electron chi connectivity index (χ0n) is 8.60. The van der Waals surface area contributed by atoms with E-state index >= 15 is 0 Å². The Morgan fingerprint density at radius 1 is 1.36 bits per heavy atom. The van der Waals surface area contributed by atoms with Crippen LogP contribution < -0.4 is 0 Å². The minimum atomic E-state index is -0.250. The summed E-state index contributed by atoms with van der Waals surface area (Å²) < 4.78 is 19.1. The smallest absolute Gasteiger partial charge is 0.137 e. The van der Waals surface area contributed by atoms with E-state index in [0.29, 0.717) is 11.1 Å². The SMILES string of the molecule is CC(C)(C)OCc1cccc(F)c1Br. The van der Waals surface area contributed by atoms with Gasteiger partial charge in [0.05, 0.1) is 16.7 Å². The lowest BCUT2D eigenvalue weighted by Crippen LogP contribution is -2.18. The monoisotopic (exact) mass is 260 g/mol. The normalized spacial score (nSPS) is 11.8. The molecule has 1 aromatic rings. The Balaban J connectivity index is 2.73. The van der Waals surface area contributed by atoms with Crippen LogP contribution in [0.25, 0.3) is 0 Å². The van der Waals surface area contributed by atoms with Crippen LogP contribution in [0.15, 0.2) is 22.7 Å². The van der Waals surface area contributed by atoms with Crippen LogP contribution in [0.4, 0.5) is 4.39 Å². The molecule has 0 fully saturated rings. The second kappa shape index (κ2) is 4.41. The third-order valence-electron chi connectivity index (χ3n) is 1.69. The molecule has 14 heavy (non-hydrogen) atoms. The molecule has 0 N–H and O–H groups in total. The van der Waals surface area contributed by atoms with Crippen LogP contribution in [-0.4, -0.2) is 5.60 Å². The van der Waals surface area contributed by atoms with Gasteiger partial charge < -0.3 is 4.74 Å². The van der Waals surface area contributed by atoms with Crippen molar-refractivity contribution in [3.8, 4) is 0 Å². The quantitative estimate of drug-likeness (QED) is 0.784. The molecule has 0 radical (unpaired) electrons. The molecule has 0 bridgehead atoms. The maximum absolute atomic E-state index is 13.1. The van der Waals surface area contributed by atoms with Crippen LogP contribution in [0.5, 0.6) is 0 Å². The lowest BCUT2D eigenvalue weighted by atomic mass is 10.2. The van der Waals surface area contributed by atoms with Gasteiger partial charge in [-0.3, -0.25) is 0 Å². The molecule has 0 aliphatic carbocycles. The largest absolute Gasteiger partial charge is 0.371 e. The molecule has 0 heterocycles. The summed E-state index contributed by atoms with van der Waals surface area (Å²) in [6.45, 7) is 6.34. The van der Waals surface area contributed by atoms with Crippen molar-refractivity contribution in [1.82, 2.24) is 0 Å². The topological polar surface area (TPSA) is 9.23 Å². The summed E-state index contributed by atoms with van der Waals surface area (Å²) in [5, 5.41) is 0. The minimum absolute atomic E-state index is 0.203. The molecule has 0 saturated carbocycles. The van der Waals surface area contributed by atoms with Crippen LogP contribution >= 0.6 is 15.9 Å². The van der Waals surface area contributed by atoms with Crippen molar-refractivity contribution in [2.45, 2.75) is 33.0 Å². The average molecular weight is 261 g/mol. The Morgan fingerprint density at radius 3 is 2.57 bits per heavy atom. The highest BCUT2D eigenvalue weighted by molar-refractivity contribution is 9.10. The van der Waals surface area contributed by atoms with Crippen molar-refractivity contribution < 1.29 is 9.13 Å². The number of hydrogen-bond acceptors (Lipinski definition) is 1. The van der Waals surface area contributed by atoms with Gasteiger partial charge in [0.1, 0.15) is 5.82 Å². The number of hydrogen-bond donors (Lipinski definition) is 0. The fraction of sp³-hybridized carbons (Fsp3) is 0.455. The van der Waals surface area contributed by atoms with E-state index in [1.165, 1.54) is 6.07 Å². The van der Waals surface area contributed by atoms with Gasteiger partial charge in [-0.2, -0.15) is 0 Å². The fourth-order valence-corrected chi connectivity index (χ4v) is 1.33. The van der Waals surface area contributed by atoms with Crippen LogP contribution in [0.1, 0.15) is 26.3 Å². The van der Waals surface area contributed by atoms with E-state index in [1.54, 1.807) is 6.07 Å². The van der Waals surface area contributed by atoms with Crippen molar-refractivity contribution in [1.29, 1.82) is 0 Å². The molecule has 0 spiro atoms. The van der Waals surface area contributed by atoms with Gasteiger partial charge in [0, 0.05) is 0 Å². The Kier molecular flexibility index (Phi) is 3.67. The Morgan fingerprint density at radius 2 is 2.00 bits per heavy atom. The highest BCUT2D eigenvalue weighted by Gasteiger charge is 2.12. The molecule has 1 rings (SSSR count). The predicted octanol–water partition coefficient (Wildman–Crippen LogP) is 3.90. The molecule has 0 unspecified atom stereocenters. The molecular weight excluding hydrogens is 247 g/mol. The maximum atomic E-state index is 13.1. The van der Waals surface area contributed by atoms with Crippen molar-refractivity contribution in [2.24, 2.45) is 0 Å². The molecule has 0 aliphatic heterocycles. The van der Waals surface area contributed by atoms with Gasteiger partial charge in [-0.1, -0.05) is 12.1 Å². The second-order valence-corrected chi connectivity index (χ2v) is 4.91. The van der Waals surface area contributed by atoms with Gasteiger partial charge in [-0.15, -0.1) is 0 Å². The van der Waals surface area contributed by atoms with Crippen molar-refractivity contribution >= 4 is 15.9 Å². The Bertz CT molecular complexity index is 318. The first kappa shape index (κ1) is 11.7. The Labute approximate surface area is 92.4 Å². The molecule has 0 aromatic heterocycles. The van der Waals surface area contributed by atoms with E-state index in [2.05, 4.69) is 15.9 Å². The summed E-state index contributed by atoms with van der Waals surface area (Å²) in [5.41, 5.74) is 0.631. The van der Waals surface area contributed by atoms with Crippen LogP contribution in [0.2, 0.25) is 0 Å². The summed E-state index contributed by atoms with van der Waals surface area (Å²) in [6, 6.07) is 4.95. The van der Waals surface area contributed by atoms with Gasteiger partial charge in [0.25, 0.3) is 0 Å². The van der Waals surface area contributed by atoms with Crippen LogP contribution in [0.3, 0.4) is 0 Å². The molecule has 0 amide bonds. The second-order valence-electron chi connectivity index (χ2n) is 4.11. The molecule has 0 aliphatic rings. The van der Waals surface area contributed by atoms with Crippen molar-refractivity contribution in [2.75, 3.05) is 0 Å². The zero-order chi connectivity index (χ0) is 10.8. The highest BCUT2D eigenvalue weighted by atomic mass is 79.9. The molecule has 0 saturated heterocycles. The highest BCUT2D eigenvalue weighted by Crippen LogP contribution is 2.22. The first-order chi connectivity index (χ1) is 6.40. The molecule has 0 atom stereocenters. The van der Waals surface area contributed by atoms with Gasteiger partial charge in [0.15, 0.2) is 0 Å². The fourth-order valence-electron chi connectivity index (χ4n) is 0.954. The summed E-state index contributed by atoms with van der Waals surface area (Å²) in [6.07, 6.45) is 0. The van der Waals surface area contributed by atoms with Gasteiger partial charge in [0.2, 0.25) is 0 Å². The first-order valence-electron chi connectivity index (χ1n) is 4.47. The van der Waals surface area contributed by atoms with Crippen molar-refractivity contribution in [3.63, 3.8) is 0 Å². The van der Waals surface area contributed by atoms with E-state index in [4.69, 9.17) is 4.74 Å². The van der Waals surface area contributed by atoms with Gasteiger partial charge >= 0.3 is 0 Å². The van der Waals surface area contributed by atoms with Crippen molar-refractivity contribution in [3.05, 3.63) is 34.1 Å². The maximum Gasteiger partial charge on any atom is 0.137 e. The van der Waals surface area contributed by atoms with E-state index in [0.717, 1.165) is 5.56 Å². The molecule has 3 heteroatoms. The van der Waals surface area contributed by atoms with Gasteiger partial charge in [-0.25, -0.2) is 4.39 Å². The minimum Gasteiger partial charge on any atom is -0.371 e. The summed E-state index contributed by atoms with van der Waals surface area (Å²) in [4.78, 5) is 0.